The van der Waals surface area contributed by atoms with Crippen LogP contribution in [0.2, 0.25) is 5.02 Å². The number of ether oxygens (including phenoxy) is 3. The molecule has 0 aliphatic carbocycles. The minimum absolute atomic E-state index is 0.0151. The van der Waals surface area contributed by atoms with E-state index in [2.05, 4.69) is 15.3 Å². The number of benzene rings is 2. The Balaban J connectivity index is 1.33. The topological polar surface area (TPSA) is 85.8 Å². The second-order valence-electron chi connectivity index (χ2n) is 8.85. The molecule has 3 heterocycles. The summed E-state index contributed by atoms with van der Waals surface area (Å²) in [6.07, 6.45) is 2.42. The Morgan fingerprint density at radius 2 is 1.97 bits per heavy atom. The Hall–Kier alpha value is -3.18. The summed E-state index contributed by atoms with van der Waals surface area (Å²) in [5.41, 5.74) is 1.55. The third-order valence-corrected chi connectivity index (χ3v) is 6.69. The van der Waals surface area contributed by atoms with Gasteiger partial charge in [0.25, 0.3) is 0 Å². The molecule has 2 fully saturated rings. The summed E-state index contributed by atoms with van der Waals surface area (Å²) in [5.74, 6) is -1.20. The van der Waals surface area contributed by atoms with Crippen LogP contribution in [0.5, 0.6) is 5.75 Å². The average Bonchev–Trinajstić information content (AvgIpc) is 3.32. The van der Waals surface area contributed by atoms with Crippen molar-refractivity contribution >= 4 is 39.8 Å². The van der Waals surface area contributed by atoms with Gasteiger partial charge in [0.15, 0.2) is 11.6 Å². The van der Waals surface area contributed by atoms with Crippen LogP contribution in [-0.2, 0) is 20.7 Å². The second kappa shape index (κ2) is 11.1. The molecule has 2 aromatic carbocycles. The standard InChI is InChI=1S/C26H25ClF2N4O4/c1-35-23-11-21-17(26(31-14-30-21)32-16-2-3-19(28)18(27)10-16)8-15(23)9-22(34)20(29)4-5-33-12-24-25(13-33)37-7-6-36-24/h2-4,8,10-11,14,24-25H,5-7,9,12-13H2,1H3,(H,30,31,32)/b20-4+/t24-,25+. The maximum atomic E-state index is 14.8. The molecule has 2 atom stereocenters. The van der Waals surface area contributed by atoms with Crippen LogP contribution in [0.25, 0.3) is 10.9 Å². The van der Waals surface area contributed by atoms with Crippen molar-refractivity contribution in [1.82, 2.24) is 14.9 Å². The van der Waals surface area contributed by atoms with Gasteiger partial charge in [0.1, 0.15) is 23.7 Å². The van der Waals surface area contributed by atoms with Gasteiger partial charge in [-0.3, -0.25) is 9.69 Å². The predicted molar refractivity (Wildman–Crippen MR) is 135 cm³/mol. The molecular weight excluding hydrogens is 506 g/mol. The highest BCUT2D eigenvalue weighted by molar-refractivity contribution is 6.31. The van der Waals surface area contributed by atoms with Crippen LogP contribution in [0.1, 0.15) is 5.56 Å². The molecular formula is C26H25ClF2N4O4. The Morgan fingerprint density at radius 3 is 2.68 bits per heavy atom. The van der Waals surface area contributed by atoms with Crippen molar-refractivity contribution in [3.63, 3.8) is 0 Å². The molecule has 0 bridgehead atoms. The molecule has 2 aliphatic rings. The largest absolute Gasteiger partial charge is 0.496 e. The van der Waals surface area contributed by atoms with E-state index in [1.807, 2.05) is 4.90 Å². The molecule has 1 aromatic heterocycles. The zero-order chi connectivity index (χ0) is 25.9. The fraction of sp³-hybridized carbons (Fsp3) is 0.346. The van der Waals surface area contributed by atoms with Gasteiger partial charge < -0.3 is 19.5 Å². The van der Waals surface area contributed by atoms with Crippen LogP contribution >= 0.6 is 11.6 Å². The lowest BCUT2D eigenvalue weighted by Crippen LogP contribution is -2.36. The molecule has 2 saturated heterocycles. The molecule has 0 saturated carbocycles. The van der Waals surface area contributed by atoms with Crippen molar-refractivity contribution in [3.05, 3.63) is 65.0 Å². The van der Waals surface area contributed by atoms with Crippen molar-refractivity contribution < 1.29 is 27.8 Å². The van der Waals surface area contributed by atoms with E-state index in [4.69, 9.17) is 25.8 Å². The molecule has 1 N–H and O–H groups in total. The van der Waals surface area contributed by atoms with E-state index in [1.54, 1.807) is 12.1 Å². The number of nitrogens with one attached hydrogen (secondary N) is 1. The van der Waals surface area contributed by atoms with Gasteiger partial charge in [-0.15, -0.1) is 0 Å². The van der Waals surface area contributed by atoms with E-state index in [1.165, 1.54) is 37.7 Å². The number of carbonyl (C=O) groups is 1. The fourth-order valence-corrected chi connectivity index (χ4v) is 4.71. The van der Waals surface area contributed by atoms with E-state index in [0.717, 1.165) is 0 Å². The molecule has 37 heavy (non-hydrogen) atoms. The smallest absolute Gasteiger partial charge is 0.195 e. The number of anilines is 2. The van der Waals surface area contributed by atoms with Gasteiger partial charge in [0.05, 0.1) is 43.1 Å². The summed E-state index contributed by atoms with van der Waals surface area (Å²) in [6, 6.07) is 7.55. The SMILES string of the molecule is COc1cc2ncnc(Nc3ccc(F)c(Cl)c3)c2cc1CC(=O)/C(F)=C\CN1C[C@@H]2OCCO[C@@H]2C1. The van der Waals surface area contributed by atoms with Crippen molar-refractivity contribution in [1.29, 1.82) is 0 Å². The van der Waals surface area contributed by atoms with Gasteiger partial charge in [-0.25, -0.2) is 18.7 Å². The number of carbonyl (C=O) groups excluding carboxylic acids is 1. The first kappa shape index (κ1) is 25.5. The first-order valence-corrected chi connectivity index (χ1v) is 12.2. The Morgan fingerprint density at radius 1 is 1.22 bits per heavy atom. The monoisotopic (exact) mass is 530 g/mol. The van der Waals surface area contributed by atoms with Gasteiger partial charge in [-0.05, 0) is 30.3 Å². The molecule has 5 rings (SSSR count). The summed E-state index contributed by atoms with van der Waals surface area (Å²) in [7, 11) is 1.47. The van der Waals surface area contributed by atoms with Crippen molar-refractivity contribution in [2.24, 2.45) is 0 Å². The fourth-order valence-electron chi connectivity index (χ4n) is 4.53. The van der Waals surface area contributed by atoms with Gasteiger partial charge in [0, 0.05) is 48.8 Å². The molecule has 0 radical (unpaired) electrons. The lowest BCUT2D eigenvalue weighted by Gasteiger charge is -2.24. The molecule has 11 heteroatoms. The van der Waals surface area contributed by atoms with E-state index >= 15 is 0 Å². The number of fused-ring (bicyclic) bond motifs is 2. The molecule has 3 aromatic rings. The molecule has 0 amide bonds. The summed E-state index contributed by atoms with van der Waals surface area (Å²) in [6.45, 7) is 2.68. The summed E-state index contributed by atoms with van der Waals surface area (Å²) in [5, 5.41) is 3.63. The van der Waals surface area contributed by atoms with Crippen molar-refractivity contribution in [2.45, 2.75) is 18.6 Å². The first-order chi connectivity index (χ1) is 17.9. The van der Waals surface area contributed by atoms with E-state index in [0.29, 0.717) is 60.0 Å². The highest BCUT2D eigenvalue weighted by Crippen LogP contribution is 2.31. The average molecular weight is 531 g/mol. The van der Waals surface area contributed by atoms with Gasteiger partial charge in [0.2, 0.25) is 0 Å². The van der Waals surface area contributed by atoms with Gasteiger partial charge >= 0.3 is 0 Å². The minimum atomic E-state index is -0.817. The third-order valence-electron chi connectivity index (χ3n) is 6.40. The second-order valence-corrected chi connectivity index (χ2v) is 9.25. The Kier molecular flexibility index (Phi) is 7.61. The van der Waals surface area contributed by atoms with E-state index < -0.39 is 17.4 Å². The number of halogens is 3. The predicted octanol–water partition coefficient (Wildman–Crippen LogP) is 4.24. The van der Waals surface area contributed by atoms with Gasteiger partial charge in [-0.2, -0.15) is 0 Å². The van der Waals surface area contributed by atoms with Crippen molar-refractivity contribution in [2.75, 3.05) is 45.3 Å². The number of nitrogens with zero attached hydrogens (tertiary/aromatic N) is 3. The summed E-state index contributed by atoms with van der Waals surface area (Å²) in [4.78, 5) is 23.3. The zero-order valence-electron chi connectivity index (χ0n) is 20.0. The number of ketones is 1. The number of aromatic nitrogens is 2. The zero-order valence-corrected chi connectivity index (χ0v) is 20.8. The summed E-state index contributed by atoms with van der Waals surface area (Å²) >= 11 is 5.89. The molecule has 0 spiro atoms. The number of allylic oxidation sites excluding steroid dienone is 1. The molecule has 2 aliphatic heterocycles. The number of methoxy groups -OCH3 is 1. The van der Waals surface area contributed by atoms with E-state index in [9.17, 15) is 13.6 Å². The Labute approximate surface area is 217 Å². The lowest BCUT2D eigenvalue weighted by molar-refractivity contribution is -0.116. The highest BCUT2D eigenvalue weighted by atomic mass is 35.5. The summed E-state index contributed by atoms with van der Waals surface area (Å²) < 4.78 is 45.2. The molecule has 194 valence electrons. The highest BCUT2D eigenvalue weighted by Gasteiger charge is 2.36. The number of likely N-dealkylation sites (tertiary alicyclic amines) is 1. The molecule has 8 nitrogen and oxygen atoms in total. The third kappa shape index (κ3) is 5.72. The quantitative estimate of drug-likeness (QED) is 0.433. The minimum Gasteiger partial charge on any atom is -0.496 e. The first-order valence-electron chi connectivity index (χ1n) is 11.8. The normalized spacial score (nSPS) is 20.2. The number of hydrogen-bond donors (Lipinski definition) is 1. The van der Waals surface area contributed by atoms with Crippen LogP contribution in [-0.4, -0.2) is 72.8 Å². The number of hydrogen-bond acceptors (Lipinski definition) is 8. The van der Waals surface area contributed by atoms with Crippen molar-refractivity contribution in [3.8, 4) is 5.75 Å². The van der Waals surface area contributed by atoms with E-state index in [-0.39, 0.29) is 30.2 Å². The number of Topliss-reactive ketones (excluding diaryl/α,β-unsaturated/α-hetero) is 1. The van der Waals surface area contributed by atoms with Crippen LogP contribution in [0, 0.1) is 5.82 Å². The van der Waals surface area contributed by atoms with Crippen LogP contribution < -0.4 is 10.1 Å². The Bertz CT molecular complexity index is 1340. The van der Waals surface area contributed by atoms with Crippen LogP contribution in [0.3, 0.4) is 0 Å². The van der Waals surface area contributed by atoms with Crippen LogP contribution in [0.4, 0.5) is 20.3 Å². The number of rotatable bonds is 8. The maximum Gasteiger partial charge on any atom is 0.195 e. The maximum absolute atomic E-state index is 14.8. The molecule has 0 unspecified atom stereocenters. The lowest BCUT2D eigenvalue weighted by atomic mass is 10.0. The van der Waals surface area contributed by atoms with Gasteiger partial charge in [-0.1, -0.05) is 11.6 Å². The van der Waals surface area contributed by atoms with Crippen LogP contribution in [0.15, 0.2) is 48.6 Å².